The average Bonchev–Trinajstić information content (AvgIpc) is 2.96. The van der Waals surface area contributed by atoms with Crippen molar-refractivity contribution < 1.29 is 8.68 Å². The van der Waals surface area contributed by atoms with Crippen LogP contribution >= 0.6 is 0 Å². The highest BCUT2D eigenvalue weighted by atomic mass is 15.1. The number of rotatable bonds is 2. The molecule has 0 unspecified atom stereocenters. The molecule has 0 spiro atoms. The first-order valence-electron chi connectivity index (χ1n) is 10.2. The van der Waals surface area contributed by atoms with Gasteiger partial charge in [0.25, 0.3) is 5.82 Å². The Morgan fingerprint density at radius 1 is 0.960 bits per heavy atom. The summed E-state index contributed by atoms with van der Waals surface area (Å²) >= 11 is 0. The molecule has 2 nitrogen and oxygen atoms in total. The van der Waals surface area contributed by atoms with E-state index in [1.807, 2.05) is 25.2 Å². The Kier molecular flexibility index (Phi) is 2.91. The van der Waals surface area contributed by atoms with Gasteiger partial charge in [-0.05, 0) is 49.5 Å². The average molecular weight is 332 g/mol. The Balaban J connectivity index is 2.19. The van der Waals surface area contributed by atoms with Gasteiger partial charge in [-0.2, -0.15) is 4.57 Å². The van der Waals surface area contributed by atoms with Crippen molar-refractivity contribution in [3.8, 4) is 5.82 Å². The minimum absolute atomic E-state index is 0.327. The summed E-state index contributed by atoms with van der Waals surface area (Å²) in [7, 11) is 1.83. The van der Waals surface area contributed by atoms with E-state index in [0.717, 1.165) is 16.9 Å². The number of para-hydroxylation sites is 1. The summed E-state index contributed by atoms with van der Waals surface area (Å²) in [6.45, 7) is 4.41. The lowest BCUT2D eigenvalue weighted by molar-refractivity contribution is -0.671. The molecule has 2 aromatic heterocycles. The molecular weight excluding hydrogens is 304 g/mol. The summed E-state index contributed by atoms with van der Waals surface area (Å²) in [6.07, 6.45) is 0. The van der Waals surface area contributed by atoms with Crippen LogP contribution in [-0.4, -0.2) is 4.57 Å². The van der Waals surface area contributed by atoms with Gasteiger partial charge >= 0.3 is 0 Å². The molecule has 0 aliphatic heterocycles. The van der Waals surface area contributed by atoms with Gasteiger partial charge in [0.1, 0.15) is 16.7 Å². The van der Waals surface area contributed by atoms with Gasteiger partial charge in [-0.15, -0.1) is 0 Å². The molecule has 4 aromatic rings. The van der Waals surface area contributed by atoms with E-state index < -0.39 is 6.85 Å². The molecule has 2 aromatic carbocycles. The van der Waals surface area contributed by atoms with E-state index in [0.29, 0.717) is 11.6 Å². The van der Waals surface area contributed by atoms with E-state index in [4.69, 9.17) is 4.11 Å². The largest absolute Gasteiger partial charge is 0.286 e. The van der Waals surface area contributed by atoms with Crippen LogP contribution in [0.5, 0.6) is 0 Å². The molecule has 25 heavy (non-hydrogen) atoms. The van der Waals surface area contributed by atoms with Crippen LogP contribution in [0.1, 0.15) is 40.7 Å². The molecule has 0 amide bonds. The summed E-state index contributed by atoms with van der Waals surface area (Å²) in [5, 5.41) is 2.37. The first-order chi connectivity index (χ1) is 13.2. The highest BCUT2D eigenvalue weighted by molar-refractivity contribution is 6.10. The second-order valence-electron chi connectivity index (χ2n) is 7.01. The Hall–Kier alpha value is -2.61. The number of aromatic nitrogens is 2. The van der Waals surface area contributed by atoms with Gasteiger partial charge in [-0.1, -0.05) is 38.1 Å². The topological polar surface area (TPSA) is 8.81 Å². The lowest BCUT2D eigenvalue weighted by Crippen LogP contribution is -2.37. The quantitative estimate of drug-likeness (QED) is 0.438. The smallest absolute Gasteiger partial charge is 0.234 e. The zero-order valence-electron chi connectivity index (χ0n) is 18.2. The van der Waals surface area contributed by atoms with E-state index in [2.05, 4.69) is 55.7 Å². The van der Waals surface area contributed by atoms with Gasteiger partial charge in [0.2, 0.25) is 0 Å². The van der Waals surface area contributed by atoms with Gasteiger partial charge in [-0.25, -0.2) is 4.57 Å². The van der Waals surface area contributed by atoms with Gasteiger partial charge in [0, 0.05) is 26.5 Å². The zero-order chi connectivity index (χ0) is 20.2. The number of aryl methyl sites for hydroxylation is 2. The van der Waals surface area contributed by atoms with E-state index in [1.165, 1.54) is 21.9 Å². The highest BCUT2D eigenvalue weighted by Gasteiger charge is 2.23. The maximum atomic E-state index is 7.90. The summed E-state index contributed by atoms with van der Waals surface area (Å²) in [5.41, 5.74) is 5.10. The van der Waals surface area contributed by atoms with Crippen LogP contribution in [0.3, 0.4) is 0 Å². The van der Waals surface area contributed by atoms with Gasteiger partial charge in [0.05, 0.1) is 7.05 Å². The predicted molar refractivity (Wildman–Crippen MR) is 106 cm³/mol. The van der Waals surface area contributed by atoms with Crippen LogP contribution in [0.25, 0.3) is 27.6 Å². The summed E-state index contributed by atoms with van der Waals surface area (Å²) in [6, 6.07) is 18.2. The van der Waals surface area contributed by atoms with Crippen molar-refractivity contribution in [1.82, 2.24) is 4.57 Å². The summed E-state index contributed by atoms with van der Waals surface area (Å²) in [4.78, 5) is 0. The SMILES string of the molecule is [2H]C([2H])([2H])c1cccc(-n2c3ccccc3c3ccc(C(C)C)c(C)c32)[n+]1C. The predicted octanol–water partition coefficient (Wildman–Crippen LogP) is 5.35. The molecule has 0 aliphatic carbocycles. The highest BCUT2D eigenvalue weighted by Crippen LogP contribution is 2.35. The van der Waals surface area contributed by atoms with Crippen molar-refractivity contribution in [1.29, 1.82) is 0 Å². The second kappa shape index (κ2) is 5.73. The summed E-state index contributed by atoms with van der Waals surface area (Å²) < 4.78 is 27.7. The number of fused-ring (bicyclic) bond motifs is 3. The lowest BCUT2D eigenvalue weighted by Gasteiger charge is -2.12. The Labute approximate surface area is 153 Å². The van der Waals surface area contributed by atoms with Crippen LogP contribution in [0.2, 0.25) is 0 Å². The van der Waals surface area contributed by atoms with E-state index >= 15 is 0 Å². The third-order valence-electron chi connectivity index (χ3n) is 5.19. The Morgan fingerprint density at radius 2 is 1.76 bits per heavy atom. The fourth-order valence-corrected chi connectivity index (χ4v) is 3.90. The van der Waals surface area contributed by atoms with Crippen molar-refractivity contribution in [2.45, 2.75) is 33.5 Å². The Morgan fingerprint density at radius 3 is 2.52 bits per heavy atom. The van der Waals surface area contributed by atoms with Crippen molar-refractivity contribution >= 4 is 21.8 Å². The van der Waals surface area contributed by atoms with Crippen LogP contribution in [-0.2, 0) is 7.05 Å². The monoisotopic (exact) mass is 332 g/mol. The first kappa shape index (κ1) is 12.7. The van der Waals surface area contributed by atoms with E-state index in [1.54, 1.807) is 10.6 Å². The number of benzene rings is 2. The number of hydrogen-bond donors (Lipinski definition) is 0. The fraction of sp³-hybridized carbons (Fsp3) is 0.261. The zero-order valence-corrected chi connectivity index (χ0v) is 15.2. The number of nitrogens with zero attached hydrogens (tertiary/aromatic N) is 2. The minimum atomic E-state index is -2.17. The van der Waals surface area contributed by atoms with Gasteiger partial charge in [-0.3, -0.25) is 0 Å². The second-order valence-corrected chi connectivity index (χ2v) is 7.01. The molecule has 0 N–H and O–H groups in total. The lowest BCUT2D eigenvalue weighted by atomic mass is 9.95. The summed E-state index contributed by atoms with van der Waals surface area (Å²) in [5.74, 6) is 1.27. The van der Waals surface area contributed by atoms with Gasteiger partial charge < -0.3 is 0 Å². The van der Waals surface area contributed by atoms with Crippen molar-refractivity contribution in [3.63, 3.8) is 0 Å². The van der Waals surface area contributed by atoms with Crippen molar-refractivity contribution in [2.24, 2.45) is 7.05 Å². The normalized spacial score (nSPS) is 14.0. The van der Waals surface area contributed by atoms with Crippen LogP contribution < -0.4 is 4.57 Å². The molecule has 0 fully saturated rings. The first-order valence-corrected chi connectivity index (χ1v) is 8.74. The third kappa shape index (κ3) is 2.28. The molecule has 126 valence electrons. The number of pyridine rings is 1. The molecular formula is C23H25N2+. The molecule has 0 bridgehead atoms. The molecule has 2 heteroatoms. The molecule has 0 aliphatic rings. The Bertz CT molecular complexity index is 1200. The van der Waals surface area contributed by atoms with E-state index in [9.17, 15) is 0 Å². The van der Waals surface area contributed by atoms with Crippen LogP contribution in [0.15, 0.2) is 54.6 Å². The van der Waals surface area contributed by atoms with Crippen molar-refractivity contribution in [2.75, 3.05) is 0 Å². The molecule has 2 heterocycles. The number of hydrogen-bond acceptors (Lipinski definition) is 0. The maximum absolute atomic E-state index is 7.90. The molecule has 0 atom stereocenters. The third-order valence-corrected chi connectivity index (χ3v) is 5.19. The van der Waals surface area contributed by atoms with E-state index in [-0.39, 0.29) is 0 Å². The van der Waals surface area contributed by atoms with Crippen LogP contribution in [0.4, 0.5) is 0 Å². The minimum Gasteiger partial charge on any atom is -0.234 e. The van der Waals surface area contributed by atoms with Gasteiger partial charge in [0.15, 0.2) is 0 Å². The molecule has 0 radical (unpaired) electrons. The maximum Gasteiger partial charge on any atom is 0.286 e. The fourth-order valence-electron chi connectivity index (χ4n) is 3.90. The standard InChI is InChI=1S/C23H25N2/c1-15(2)18-13-14-20-19-10-6-7-11-21(19)25(23(20)17(18)4)22-12-8-9-16(3)24(22)5/h6-15H,1-5H3/q+1/i3D3. The van der Waals surface area contributed by atoms with Crippen molar-refractivity contribution in [3.05, 3.63) is 71.4 Å². The van der Waals surface area contributed by atoms with Crippen LogP contribution in [0, 0.1) is 13.8 Å². The molecule has 4 rings (SSSR count). The molecule has 0 saturated carbocycles. The molecule has 0 saturated heterocycles.